The molecule has 1 aromatic carbocycles. The summed E-state index contributed by atoms with van der Waals surface area (Å²) < 4.78 is 0. The van der Waals surface area contributed by atoms with Crippen LogP contribution in [0, 0.1) is 12.3 Å². The number of hydrogen-bond donors (Lipinski definition) is 1. The van der Waals surface area contributed by atoms with Crippen molar-refractivity contribution in [2.45, 2.75) is 40.0 Å². The van der Waals surface area contributed by atoms with Gasteiger partial charge in [-0.25, -0.2) is 0 Å². The van der Waals surface area contributed by atoms with Crippen LogP contribution in [-0.2, 0) is 0 Å². The average molecular weight is 205 g/mol. The SMILES string of the molecule is Cc1ccc(C(CCN)C(C)(C)C)cc1. The summed E-state index contributed by atoms with van der Waals surface area (Å²) in [5.74, 6) is 0.558. The van der Waals surface area contributed by atoms with Gasteiger partial charge in [0.05, 0.1) is 0 Å². The van der Waals surface area contributed by atoms with Gasteiger partial charge in [0.25, 0.3) is 0 Å². The molecule has 0 amide bonds. The first kappa shape index (κ1) is 12.3. The predicted octanol–water partition coefficient (Wildman–Crippen LogP) is 3.47. The van der Waals surface area contributed by atoms with Gasteiger partial charge in [-0.1, -0.05) is 50.6 Å². The first-order valence-electron chi connectivity index (χ1n) is 5.72. The molecule has 0 bridgehead atoms. The molecule has 1 rings (SSSR count). The van der Waals surface area contributed by atoms with Gasteiger partial charge in [-0.05, 0) is 36.8 Å². The molecule has 0 saturated carbocycles. The highest BCUT2D eigenvalue weighted by atomic mass is 14.5. The molecule has 0 aliphatic heterocycles. The Morgan fingerprint density at radius 2 is 1.67 bits per heavy atom. The fourth-order valence-electron chi connectivity index (χ4n) is 2.07. The third kappa shape index (κ3) is 3.35. The molecule has 1 atom stereocenters. The predicted molar refractivity (Wildman–Crippen MR) is 67.0 cm³/mol. The van der Waals surface area contributed by atoms with Crippen LogP contribution in [0.5, 0.6) is 0 Å². The van der Waals surface area contributed by atoms with Gasteiger partial charge in [0.1, 0.15) is 0 Å². The van der Waals surface area contributed by atoms with Crippen molar-refractivity contribution >= 4 is 0 Å². The topological polar surface area (TPSA) is 26.0 Å². The molecule has 1 unspecified atom stereocenters. The molecule has 0 radical (unpaired) electrons. The van der Waals surface area contributed by atoms with Crippen molar-refractivity contribution in [2.24, 2.45) is 11.1 Å². The monoisotopic (exact) mass is 205 g/mol. The standard InChI is InChI=1S/C14H23N/c1-11-5-7-12(8-6-11)13(9-10-15)14(2,3)4/h5-8,13H,9-10,15H2,1-4H3. The van der Waals surface area contributed by atoms with Gasteiger partial charge >= 0.3 is 0 Å². The summed E-state index contributed by atoms with van der Waals surface area (Å²) >= 11 is 0. The second-order valence-electron chi connectivity index (χ2n) is 5.41. The lowest BCUT2D eigenvalue weighted by atomic mass is 9.74. The summed E-state index contributed by atoms with van der Waals surface area (Å²) in [6.07, 6.45) is 1.06. The maximum absolute atomic E-state index is 5.69. The van der Waals surface area contributed by atoms with Gasteiger partial charge in [-0.2, -0.15) is 0 Å². The lowest BCUT2D eigenvalue weighted by molar-refractivity contribution is 0.308. The van der Waals surface area contributed by atoms with Gasteiger partial charge in [0.2, 0.25) is 0 Å². The summed E-state index contributed by atoms with van der Waals surface area (Å²) in [7, 11) is 0. The number of benzene rings is 1. The largest absolute Gasteiger partial charge is 0.330 e. The molecule has 84 valence electrons. The van der Waals surface area contributed by atoms with Crippen LogP contribution in [0.2, 0.25) is 0 Å². The Morgan fingerprint density at radius 1 is 1.13 bits per heavy atom. The average Bonchev–Trinajstić information content (AvgIpc) is 2.14. The Morgan fingerprint density at radius 3 is 2.07 bits per heavy atom. The van der Waals surface area contributed by atoms with Crippen LogP contribution in [0.3, 0.4) is 0 Å². The summed E-state index contributed by atoms with van der Waals surface area (Å²) in [5.41, 5.74) is 8.71. The third-order valence-corrected chi connectivity index (χ3v) is 2.98. The number of hydrogen-bond acceptors (Lipinski definition) is 1. The highest BCUT2D eigenvalue weighted by Crippen LogP contribution is 2.37. The molecule has 15 heavy (non-hydrogen) atoms. The highest BCUT2D eigenvalue weighted by Gasteiger charge is 2.25. The molecule has 2 N–H and O–H groups in total. The third-order valence-electron chi connectivity index (χ3n) is 2.98. The lowest BCUT2D eigenvalue weighted by Crippen LogP contribution is -2.21. The minimum atomic E-state index is 0.286. The molecule has 1 aromatic rings. The molecular weight excluding hydrogens is 182 g/mol. The van der Waals surface area contributed by atoms with Crippen molar-refractivity contribution in [3.8, 4) is 0 Å². The maximum atomic E-state index is 5.69. The molecule has 1 heteroatoms. The van der Waals surface area contributed by atoms with Crippen LogP contribution in [0.25, 0.3) is 0 Å². The van der Waals surface area contributed by atoms with E-state index in [0.717, 1.165) is 13.0 Å². The zero-order valence-electron chi connectivity index (χ0n) is 10.4. The Hall–Kier alpha value is -0.820. The van der Waals surface area contributed by atoms with E-state index in [1.807, 2.05) is 0 Å². The Bertz CT molecular complexity index is 292. The normalized spacial score (nSPS) is 13.9. The van der Waals surface area contributed by atoms with Gasteiger partial charge < -0.3 is 5.73 Å². The zero-order valence-corrected chi connectivity index (χ0v) is 10.4. The summed E-state index contributed by atoms with van der Waals surface area (Å²) in [6.45, 7) is 9.74. The fraction of sp³-hybridized carbons (Fsp3) is 0.571. The van der Waals surface area contributed by atoms with Gasteiger partial charge in [0, 0.05) is 0 Å². The van der Waals surface area contributed by atoms with Gasteiger partial charge in [-0.3, -0.25) is 0 Å². The lowest BCUT2D eigenvalue weighted by Gasteiger charge is -2.31. The molecule has 0 fully saturated rings. The van der Waals surface area contributed by atoms with E-state index in [4.69, 9.17) is 5.73 Å². The van der Waals surface area contributed by atoms with Crippen molar-refractivity contribution in [2.75, 3.05) is 6.54 Å². The van der Waals surface area contributed by atoms with Crippen LogP contribution < -0.4 is 5.73 Å². The molecule has 0 spiro atoms. The van der Waals surface area contributed by atoms with E-state index in [1.165, 1.54) is 11.1 Å². The van der Waals surface area contributed by atoms with Gasteiger partial charge in [0.15, 0.2) is 0 Å². The van der Waals surface area contributed by atoms with Crippen LogP contribution in [0.1, 0.15) is 44.2 Å². The van der Waals surface area contributed by atoms with E-state index in [-0.39, 0.29) is 5.41 Å². The van der Waals surface area contributed by atoms with E-state index in [9.17, 15) is 0 Å². The van der Waals surface area contributed by atoms with Crippen LogP contribution in [0.15, 0.2) is 24.3 Å². The van der Waals surface area contributed by atoms with Crippen LogP contribution >= 0.6 is 0 Å². The summed E-state index contributed by atoms with van der Waals surface area (Å²) in [4.78, 5) is 0. The molecule has 0 saturated heterocycles. The maximum Gasteiger partial charge on any atom is -0.00712 e. The second-order valence-corrected chi connectivity index (χ2v) is 5.41. The smallest absolute Gasteiger partial charge is 0.00712 e. The van der Waals surface area contributed by atoms with Crippen molar-refractivity contribution in [1.29, 1.82) is 0 Å². The first-order valence-corrected chi connectivity index (χ1v) is 5.72. The highest BCUT2D eigenvalue weighted by molar-refractivity contribution is 5.25. The van der Waals surface area contributed by atoms with E-state index >= 15 is 0 Å². The van der Waals surface area contributed by atoms with E-state index in [0.29, 0.717) is 5.92 Å². The Balaban J connectivity index is 2.94. The van der Waals surface area contributed by atoms with Crippen molar-refractivity contribution in [3.05, 3.63) is 35.4 Å². The molecule has 1 nitrogen and oxygen atoms in total. The minimum Gasteiger partial charge on any atom is -0.330 e. The van der Waals surface area contributed by atoms with Crippen molar-refractivity contribution in [1.82, 2.24) is 0 Å². The molecular formula is C14H23N. The van der Waals surface area contributed by atoms with Crippen molar-refractivity contribution in [3.63, 3.8) is 0 Å². The van der Waals surface area contributed by atoms with Crippen molar-refractivity contribution < 1.29 is 0 Å². The van der Waals surface area contributed by atoms with E-state index in [2.05, 4.69) is 52.0 Å². The second kappa shape index (κ2) is 4.80. The van der Waals surface area contributed by atoms with E-state index < -0.39 is 0 Å². The van der Waals surface area contributed by atoms with Crippen LogP contribution in [-0.4, -0.2) is 6.54 Å². The number of rotatable bonds is 3. The Kier molecular flexibility index (Phi) is 3.92. The minimum absolute atomic E-state index is 0.286. The quantitative estimate of drug-likeness (QED) is 0.803. The number of nitrogens with two attached hydrogens (primary N) is 1. The molecule has 0 aliphatic rings. The summed E-state index contributed by atoms with van der Waals surface area (Å²) in [6, 6.07) is 8.84. The fourth-order valence-corrected chi connectivity index (χ4v) is 2.07. The van der Waals surface area contributed by atoms with E-state index in [1.54, 1.807) is 0 Å². The molecule has 0 aromatic heterocycles. The molecule has 0 heterocycles. The zero-order chi connectivity index (χ0) is 11.5. The molecule has 0 aliphatic carbocycles. The Labute approximate surface area is 93.7 Å². The first-order chi connectivity index (χ1) is 6.95. The summed E-state index contributed by atoms with van der Waals surface area (Å²) in [5, 5.41) is 0. The van der Waals surface area contributed by atoms with Gasteiger partial charge in [-0.15, -0.1) is 0 Å². The number of aryl methyl sites for hydroxylation is 1. The van der Waals surface area contributed by atoms with Crippen LogP contribution in [0.4, 0.5) is 0 Å².